The second-order valence-corrected chi connectivity index (χ2v) is 6.00. The van der Waals surface area contributed by atoms with Gasteiger partial charge in [-0.25, -0.2) is 0 Å². The Morgan fingerprint density at radius 3 is 2.64 bits per heavy atom. The van der Waals surface area contributed by atoms with E-state index < -0.39 is 12.0 Å². The maximum atomic E-state index is 12.1. The molecule has 0 aliphatic heterocycles. The van der Waals surface area contributed by atoms with E-state index in [9.17, 15) is 9.59 Å². The molecular formula is C16H17Cl2NO3. The van der Waals surface area contributed by atoms with Gasteiger partial charge in [0.1, 0.15) is 0 Å². The monoisotopic (exact) mass is 341 g/mol. The fourth-order valence-electron chi connectivity index (χ4n) is 2.22. The highest BCUT2D eigenvalue weighted by atomic mass is 35.5. The van der Waals surface area contributed by atoms with Crippen LogP contribution < -0.4 is 5.32 Å². The van der Waals surface area contributed by atoms with Crippen molar-refractivity contribution in [3.63, 3.8) is 0 Å². The molecule has 2 atom stereocenters. The van der Waals surface area contributed by atoms with Crippen molar-refractivity contribution in [1.29, 1.82) is 0 Å². The summed E-state index contributed by atoms with van der Waals surface area (Å²) in [6, 6.07) is 4.91. The molecule has 1 aromatic carbocycles. The molecule has 1 aliphatic carbocycles. The summed E-state index contributed by atoms with van der Waals surface area (Å²) in [6.45, 7) is 1.52. The SMILES string of the molecule is C[C@@H](OC(=O)C[C@@H]1C=CCC1)C(=O)Nc1c(Cl)cccc1Cl. The Labute approximate surface area is 139 Å². The van der Waals surface area contributed by atoms with Gasteiger partial charge in [-0.3, -0.25) is 9.59 Å². The summed E-state index contributed by atoms with van der Waals surface area (Å²) in [4.78, 5) is 23.9. The quantitative estimate of drug-likeness (QED) is 0.644. The third-order valence-corrected chi connectivity index (χ3v) is 4.06. The van der Waals surface area contributed by atoms with Crippen LogP contribution in [0.3, 0.4) is 0 Å². The molecule has 22 heavy (non-hydrogen) atoms. The largest absolute Gasteiger partial charge is 0.453 e. The van der Waals surface area contributed by atoms with Crippen LogP contribution in [0.25, 0.3) is 0 Å². The molecule has 1 amide bonds. The van der Waals surface area contributed by atoms with Gasteiger partial charge in [0.25, 0.3) is 5.91 Å². The summed E-state index contributed by atoms with van der Waals surface area (Å²) >= 11 is 12.0. The first kappa shape index (κ1) is 16.8. The molecule has 0 radical (unpaired) electrons. The number of ether oxygens (including phenoxy) is 1. The molecule has 0 heterocycles. The molecular weight excluding hydrogens is 325 g/mol. The number of amides is 1. The smallest absolute Gasteiger partial charge is 0.307 e. The van der Waals surface area contributed by atoms with E-state index in [1.54, 1.807) is 18.2 Å². The van der Waals surface area contributed by atoms with E-state index in [1.807, 2.05) is 12.2 Å². The molecule has 0 spiro atoms. The molecule has 2 rings (SSSR count). The van der Waals surface area contributed by atoms with Crippen LogP contribution in [-0.2, 0) is 14.3 Å². The molecule has 1 aliphatic rings. The molecule has 1 N–H and O–H groups in total. The maximum Gasteiger partial charge on any atom is 0.307 e. The maximum absolute atomic E-state index is 12.1. The summed E-state index contributed by atoms with van der Waals surface area (Å²) < 4.78 is 5.15. The van der Waals surface area contributed by atoms with Gasteiger partial charge in [0.2, 0.25) is 0 Å². The van der Waals surface area contributed by atoms with Crippen LogP contribution in [0.15, 0.2) is 30.4 Å². The van der Waals surface area contributed by atoms with E-state index in [0.29, 0.717) is 22.2 Å². The lowest BCUT2D eigenvalue weighted by Gasteiger charge is -2.16. The van der Waals surface area contributed by atoms with Crippen molar-refractivity contribution >= 4 is 40.8 Å². The summed E-state index contributed by atoms with van der Waals surface area (Å²) in [5.74, 6) is -0.643. The van der Waals surface area contributed by atoms with Crippen molar-refractivity contribution in [3.8, 4) is 0 Å². The van der Waals surface area contributed by atoms with Gasteiger partial charge in [0, 0.05) is 0 Å². The van der Waals surface area contributed by atoms with Crippen molar-refractivity contribution in [3.05, 3.63) is 40.4 Å². The topological polar surface area (TPSA) is 55.4 Å². The highest BCUT2D eigenvalue weighted by molar-refractivity contribution is 6.39. The third kappa shape index (κ3) is 4.49. The van der Waals surface area contributed by atoms with E-state index >= 15 is 0 Å². The Kier molecular flexibility index (Phi) is 5.86. The molecule has 0 bridgehead atoms. The van der Waals surface area contributed by atoms with Crippen molar-refractivity contribution in [1.82, 2.24) is 0 Å². The number of carbonyl (C=O) groups excluding carboxylic acids is 2. The van der Waals surface area contributed by atoms with Crippen LogP contribution in [-0.4, -0.2) is 18.0 Å². The summed E-state index contributed by atoms with van der Waals surface area (Å²) in [7, 11) is 0. The first-order chi connectivity index (χ1) is 10.5. The number of para-hydroxylation sites is 1. The highest BCUT2D eigenvalue weighted by Crippen LogP contribution is 2.30. The lowest BCUT2D eigenvalue weighted by molar-refractivity contribution is -0.153. The summed E-state index contributed by atoms with van der Waals surface area (Å²) in [5, 5.41) is 3.24. The number of benzene rings is 1. The Hall–Kier alpha value is -1.52. The van der Waals surface area contributed by atoms with Crippen LogP contribution in [0.2, 0.25) is 10.0 Å². The molecule has 4 nitrogen and oxygen atoms in total. The zero-order chi connectivity index (χ0) is 16.1. The van der Waals surface area contributed by atoms with Gasteiger partial charge in [0.15, 0.2) is 6.10 Å². The minimum absolute atomic E-state index is 0.209. The Morgan fingerprint density at radius 1 is 1.36 bits per heavy atom. The van der Waals surface area contributed by atoms with Crippen molar-refractivity contribution in [2.45, 2.75) is 32.3 Å². The average molecular weight is 342 g/mol. The number of allylic oxidation sites excluding steroid dienone is 2. The minimum atomic E-state index is -0.912. The molecule has 0 fully saturated rings. The molecule has 0 saturated carbocycles. The van der Waals surface area contributed by atoms with Crippen LogP contribution >= 0.6 is 23.2 Å². The van der Waals surface area contributed by atoms with E-state index in [4.69, 9.17) is 27.9 Å². The van der Waals surface area contributed by atoms with Crippen LogP contribution in [0.1, 0.15) is 26.2 Å². The molecule has 6 heteroatoms. The van der Waals surface area contributed by atoms with Crippen molar-refractivity contribution in [2.75, 3.05) is 5.32 Å². The standard InChI is InChI=1S/C16H17Cl2NO3/c1-10(22-14(20)9-11-5-2-3-6-11)16(21)19-15-12(17)7-4-8-13(15)18/h2,4-5,7-8,10-11H,3,6,9H2,1H3,(H,19,21)/t10-,11-/m1/s1. The minimum Gasteiger partial charge on any atom is -0.453 e. The number of carbonyl (C=O) groups is 2. The lowest BCUT2D eigenvalue weighted by atomic mass is 10.1. The average Bonchev–Trinajstić information content (AvgIpc) is 2.95. The first-order valence-electron chi connectivity index (χ1n) is 7.08. The number of nitrogens with one attached hydrogen (secondary N) is 1. The third-order valence-electron chi connectivity index (χ3n) is 3.43. The number of hydrogen-bond donors (Lipinski definition) is 1. The van der Waals surface area contributed by atoms with Crippen LogP contribution in [0.5, 0.6) is 0 Å². The fraction of sp³-hybridized carbons (Fsp3) is 0.375. The van der Waals surface area contributed by atoms with Gasteiger partial charge in [-0.1, -0.05) is 41.4 Å². The number of esters is 1. The lowest BCUT2D eigenvalue weighted by Crippen LogP contribution is -2.30. The van der Waals surface area contributed by atoms with E-state index in [0.717, 1.165) is 12.8 Å². The molecule has 0 aromatic heterocycles. The first-order valence-corrected chi connectivity index (χ1v) is 7.84. The number of halogens is 2. The fourth-order valence-corrected chi connectivity index (χ4v) is 2.71. The predicted octanol–water partition coefficient (Wildman–Crippen LogP) is 4.22. The normalized spacial score (nSPS) is 18.0. The van der Waals surface area contributed by atoms with Crippen molar-refractivity contribution < 1.29 is 14.3 Å². The zero-order valence-electron chi connectivity index (χ0n) is 12.1. The number of rotatable bonds is 5. The Morgan fingerprint density at radius 2 is 2.05 bits per heavy atom. The second kappa shape index (κ2) is 7.65. The van der Waals surface area contributed by atoms with Gasteiger partial charge < -0.3 is 10.1 Å². The Bertz CT molecular complexity index is 581. The highest BCUT2D eigenvalue weighted by Gasteiger charge is 2.22. The molecule has 0 unspecified atom stereocenters. The molecule has 0 saturated heterocycles. The van der Waals surface area contributed by atoms with E-state index in [-0.39, 0.29) is 11.9 Å². The molecule has 118 valence electrons. The van der Waals surface area contributed by atoms with Gasteiger partial charge in [0.05, 0.1) is 22.2 Å². The summed E-state index contributed by atoms with van der Waals surface area (Å²) in [6.07, 6.45) is 5.37. The predicted molar refractivity (Wildman–Crippen MR) is 87.1 cm³/mol. The van der Waals surface area contributed by atoms with E-state index in [1.165, 1.54) is 6.92 Å². The van der Waals surface area contributed by atoms with Gasteiger partial charge in [-0.05, 0) is 37.8 Å². The second-order valence-electron chi connectivity index (χ2n) is 5.19. The Balaban J connectivity index is 1.89. The summed E-state index contributed by atoms with van der Waals surface area (Å²) in [5.41, 5.74) is 0.317. The van der Waals surface area contributed by atoms with Gasteiger partial charge >= 0.3 is 5.97 Å². The van der Waals surface area contributed by atoms with E-state index in [2.05, 4.69) is 5.32 Å². The van der Waals surface area contributed by atoms with Crippen molar-refractivity contribution in [2.24, 2.45) is 5.92 Å². The number of hydrogen-bond acceptors (Lipinski definition) is 3. The molecule has 1 aromatic rings. The zero-order valence-corrected chi connectivity index (χ0v) is 13.7. The number of anilines is 1. The van der Waals surface area contributed by atoms with Crippen LogP contribution in [0, 0.1) is 5.92 Å². The van der Waals surface area contributed by atoms with Gasteiger partial charge in [-0.15, -0.1) is 0 Å². The van der Waals surface area contributed by atoms with Crippen LogP contribution in [0.4, 0.5) is 5.69 Å². The van der Waals surface area contributed by atoms with Gasteiger partial charge in [-0.2, -0.15) is 0 Å².